The minimum Gasteiger partial charge on any atom is -0.309 e. The van der Waals surface area contributed by atoms with Gasteiger partial charge in [0.25, 0.3) is 0 Å². The summed E-state index contributed by atoms with van der Waals surface area (Å²) in [5.74, 6) is 3.54. The fraction of sp³-hybridized carbons (Fsp3) is 0. The van der Waals surface area contributed by atoms with Crippen LogP contribution < -0.4 is 0 Å². The van der Waals surface area contributed by atoms with Crippen LogP contribution in [-0.4, -0.2) is 43.6 Å². The van der Waals surface area contributed by atoms with Crippen LogP contribution in [-0.2, 0) is 0 Å². The van der Waals surface area contributed by atoms with Crippen LogP contribution in [0.2, 0.25) is 0 Å². The molecule has 0 radical (unpaired) electrons. The lowest BCUT2D eigenvalue weighted by Gasteiger charge is -2.16. The number of hydrogen-bond acceptors (Lipinski definition) is 6. The van der Waals surface area contributed by atoms with Crippen molar-refractivity contribution in [2.45, 2.75) is 0 Å². The molecule has 16 aromatic rings. The normalized spacial score (nSPS) is 11.7. The fourth-order valence-corrected chi connectivity index (χ4v) is 12.1. The minimum atomic E-state index is 0.566. The molecule has 5 heterocycles. The van der Waals surface area contributed by atoms with Crippen molar-refractivity contribution < 1.29 is 0 Å². The van der Waals surface area contributed by atoms with E-state index in [2.05, 4.69) is 208 Å². The van der Waals surface area contributed by atoms with Crippen LogP contribution in [0.4, 0.5) is 0 Å². The smallest absolute Gasteiger partial charge is 0.166 e. The molecule has 5 aromatic heterocycles. The fourth-order valence-electron chi connectivity index (χ4n) is 12.1. The van der Waals surface area contributed by atoms with Gasteiger partial charge in [-0.25, -0.2) is 29.9 Å². The molecule has 16 rings (SSSR count). The summed E-state index contributed by atoms with van der Waals surface area (Å²) >= 11 is 0. The molecular formula is C72H45N9. The predicted octanol–water partition coefficient (Wildman–Crippen LogP) is 17.3. The highest BCUT2D eigenvalue weighted by atomic mass is 15.1. The first-order chi connectivity index (χ1) is 40.2. The molecule has 0 fully saturated rings. The Morgan fingerprint density at radius 2 is 0.432 bits per heavy atom. The van der Waals surface area contributed by atoms with Crippen molar-refractivity contribution in [2.75, 3.05) is 0 Å². The van der Waals surface area contributed by atoms with E-state index >= 15 is 0 Å². The van der Waals surface area contributed by atoms with Gasteiger partial charge in [-0.05, 0) is 72.8 Å². The average molecular weight is 1040 g/mol. The molecule has 0 spiro atoms. The van der Waals surface area contributed by atoms with E-state index in [4.69, 9.17) is 29.9 Å². The molecule has 0 aliphatic rings. The van der Waals surface area contributed by atoms with Crippen LogP contribution in [0.5, 0.6) is 0 Å². The van der Waals surface area contributed by atoms with Gasteiger partial charge in [0.05, 0.1) is 50.2 Å². The molecule has 0 bridgehead atoms. The van der Waals surface area contributed by atoms with Crippen LogP contribution >= 0.6 is 0 Å². The van der Waals surface area contributed by atoms with Crippen LogP contribution in [0, 0.1) is 0 Å². The van der Waals surface area contributed by atoms with Gasteiger partial charge in [-0.15, -0.1) is 0 Å². The zero-order chi connectivity index (χ0) is 53.4. The highest BCUT2D eigenvalue weighted by Crippen LogP contribution is 2.45. The second kappa shape index (κ2) is 18.8. The third-order valence-electron chi connectivity index (χ3n) is 15.6. The van der Waals surface area contributed by atoms with Gasteiger partial charge in [-0.2, -0.15) is 0 Å². The third kappa shape index (κ3) is 7.47. The number of fused-ring (bicyclic) bond motifs is 10. The summed E-state index contributed by atoms with van der Waals surface area (Å²) in [7, 11) is 0. The van der Waals surface area contributed by atoms with Crippen LogP contribution in [0.15, 0.2) is 273 Å². The maximum atomic E-state index is 5.50. The quantitative estimate of drug-likeness (QED) is 0.143. The Bertz CT molecular complexity index is 5010. The molecule has 9 nitrogen and oxygen atoms in total. The zero-order valence-corrected chi connectivity index (χ0v) is 43.5. The van der Waals surface area contributed by atoms with E-state index in [0.717, 1.165) is 105 Å². The lowest BCUT2D eigenvalue weighted by Crippen LogP contribution is -2.05. The molecule has 81 heavy (non-hydrogen) atoms. The molecule has 0 amide bonds. The minimum absolute atomic E-state index is 0.566. The lowest BCUT2D eigenvalue weighted by molar-refractivity contribution is 1.06. The maximum absolute atomic E-state index is 5.50. The van der Waals surface area contributed by atoms with E-state index in [1.807, 2.05) is 78.9 Å². The largest absolute Gasteiger partial charge is 0.309 e. The Morgan fingerprint density at radius 3 is 0.790 bits per heavy atom. The number of aromatic nitrogens is 9. The second-order valence-corrected chi connectivity index (χ2v) is 20.2. The SMILES string of the molecule is c1ccc(-c2nc(-c3ccccc3)nc(-c3ccccc3-n3c4ccccc4c4c5c6ccccc6n(-c6ccccc6-c6nc(-c7ccccc7)nc(-c7ccccc7-n7c8ccccc8c8ccccc87)n6)c5ccc43)n2)cc1. The molecule has 0 saturated heterocycles. The summed E-state index contributed by atoms with van der Waals surface area (Å²) in [4.78, 5) is 31.7. The predicted molar refractivity (Wildman–Crippen MR) is 329 cm³/mol. The summed E-state index contributed by atoms with van der Waals surface area (Å²) in [6, 6.07) is 95.0. The molecule has 0 N–H and O–H groups in total. The molecule has 0 saturated carbocycles. The molecule has 0 aliphatic heterocycles. The van der Waals surface area contributed by atoms with Gasteiger partial charge in [-0.3, -0.25) is 0 Å². The molecule has 0 atom stereocenters. The van der Waals surface area contributed by atoms with Gasteiger partial charge in [0, 0.05) is 65.7 Å². The van der Waals surface area contributed by atoms with Crippen molar-refractivity contribution in [3.05, 3.63) is 273 Å². The van der Waals surface area contributed by atoms with Crippen molar-refractivity contribution in [3.63, 3.8) is 0 Å². The Kier molecular flexibility index (Phi) is 10.7. The highest BCUT2D eigenvalue weighted by Gasteiger charge is 2.26. The van der Waals surface area contributed by atoms with E-state index < -0.39 is 0 Å². The number of hydrogen-bond donors (Lipinski definition) is 0. The number of nitrogens with zero attached hydrogens (tertiary/aromatic N) is 9. The van der Waals surface area contributed by atoms with Crippen LogP contribution in [0.3, 0.4) is 0 Å². The summed E-state index contributed by atoms with van der Waals surface area (Å²) in [5.41, 5.74) is 14.7. The van der Waals surface area contributed by atoms with Crippen molar-refractivity contribution >= 4 is 65.4 Å². The first-order valence-corrected chi connectivity index (χ1v) is 27.1. The van der Waals surface area contributed by atoms with Gasteiger partial charge in [0.2, 0.25) is 0 Å². The maximum Gasteiger partial charge on any atom is 0.166 e. The topological polar surface area (TPSA) is 92.1 Å². The van der Waals surface area contributed by atoms with Crippen molar-refractivity contribution in [3.8, 4) is 85.4 Å². The summed E-state index contributed by atoms with van der Waals surface area (Å²) in [5, 5.41) is 6.92. The zero-order valence-electron chi connectivity index (χ0n) is 43.5. The standard InChI is InChI=1S/C72H45N9/c1-4-24-46(25-5-1)67-73-68(47-26-6-2-7-27-47)75-70(74-67)54-35-15-22-42-61(54)80-58-39-19-12-32-51(58)65-63(80)44-45-64-66(65)52-33-13-20-40-59(52)81(64)62-43-23-16-36-55(62)72-77-69(48-28-8-3-9-29-48)76-71(78-72)53-34-14-21-41-60(53)79-56-37-17-10-30-49(56)50-31-11-18-38-57(50)79/h1-45H. The molecule has 0 aliphatic carbocycles. The van der Waals surface area contributed by atoms with E-state index in [1.54, 1.807) is 0 Å². The van der Waals surface area contributed by atoms with Gasteiger partial charge < -0.3 is 13.7 Å². The molecule has 11 aromatic carbocycles. The average Bonchev–Trinajstić information content (AvgIpc) is 4.10. The van der Waals surface area contributed by atoms with Crippen molar-refractivity contribution in [2.24, 2.45) is 0 Å². The Morgan fingerprint density at radius 1 is 0.185 bits per heavy atom. The van der Waals surface area contributed by atoms with Crippen molar-refractivity contribution in [1.29, 1.82) is 0 Å². The number of rotatable bonds is 9. The molecule has 9 heteroatoms. The first-order valence-electron chi connectivity index (χ1n) is 27.1. The highest BCUT2D eigenvalue weighted by molar-refractivity contribution is 6.29. The van der Waals surface area contributed by atoms with Crippen LogP contribution in [0.1, 0.15) is 0 Å². The molecular weight excluding hydrogens is 991 g/mol. The Balaban J connectivity index is 0.910. The monoisotopic (exact) mass is 1040 g/mol. The van der Waals surface area contributed by atoms with Gasteiger partial charge in [0.1, 0.15) is 0 Å². The number of benzene rings is 11. The van der Waals surface area contributed by atoms with E-state index in [1.165, 1.54) is 10.8 Å². The molecule has 378 valence electrons. The molecule has 0 unspecified atom stereocenters. The van der Waals surface area contributed by atoms with E-state index in [-0.39, 0.29) is 0 Å². The Hall–Kier alpha value is -11.2. The van der Waals surface area contributed by atoms with Gasteiger partial charge in [0.15, 0.2) is 34.9 Å². The number of para-hydroxylation sites is 7. The summed E-state index contributed by atoms with van der Waals surface area (Å²) in [6.45, 7) is 0. The van der Waals surface area contributed by atoms with Gasteiger partial charge >= 0.3 is 0 Å². The summed E-state index contributed by atoms with van der Waals surface area (Å²) < 4.78 is 7.10. The second-order valence-electron chi connectivity index (χ2n) is 20.2. The van der Waals surface area contributed by atoms with E-state index in [9.17, 15) is 0 Å². The lowest BCUT2D eigenvalue weighted by atomic mass is 10.1. The first kappa shape index (κ1) is 46.0. The van der Waals surface area contributed by atoms with Crippen LogP contribution in [0.25, 0.3) is 151 Å². The van der Waals surface area contributed by atoms with E-state index in [0.29, 0.717) is 34.9 Å². The Labute approximate surface area is 465 Å². The summed E-state index contributed by atoms with van der Waals surface area (Å²) in [6.07, 6.45) is 0. The van der Waals surface area contributed by atoms with Crippen molar-refractivity contribution in [1.82, 2.24) is 43.6 Å². The van der Waals surface area contributed by atoms with Gasteiger partial charge in [-0.1, -0.05) is 200 Å². The third-order valence-corrected chi connectivity index (χ3v) is 15.6.